The third-order valence-electron chi connectivity index (χ3n) is 14.8. The van der Waals surface area contributed by atoms with Crippen molar-refractivity contribution in [1.82, 2.24) is 34.6 Å². The average molecular weight is 931 g/mol. The van der Waals surface area contributed by atoms with Gasteiger partial charge in [0.2, 0.25) is 5.95 Å². The average Bonchev–Trinajstić information content (AvgIpc) is 3.93. The molecule has 14 nitrogen and oxygen atoms in total. The Morgan fingerprint density at radius 2 is 1.59 bits per heavy atom. The first-order valence-electron chi connectivity index (χ1n) is 24.0. The lowest BCUT2D eigenvalue weighted by atomic mass is 9.86. The van der Waals surface area contributed by atoms with Gasteiger partial charge >= 0.3 is 12.2 Å². The molecule has 3 fully saturated rings. The summed E-state index contributed by atoms with van der Waals surface area (Å²) in [5, 5.41) is 14.3. The van der Waals surface area contributed by atoms with Gasteiger partial charge in [-0.1, -0.05) is 66.7 Å². The van der Waals surface area contributed by atoms with Gasteiger partial charge in [0.25, 0.3) is 5.56 Å². The highest BCUT2D eigenvalue weighted by molar-refractivity contribution is 5.97. The Kier molecular flexibility index (Phi) is 11.4. The van der Waals surface area contributed by atoms with Gasteiger partial charge in [-0.25, -0.2) is 23.9 Å². The van der Waals surface area contributed by atoms with Crippen molar-refractivity contribution in [2.75, 3.05) is 44.2 Å². The number of hydrogen-bond donors (Lipinski definition) is 3. The summed E-state index contributed by atoms with van der Waals surface area (Å²) in [6.07, 6.45) is 5.03. The number of amides is 2. The molecule has 15 heteroatoms. The molecule has 0 radical (unpaired) electrons. The maximum absolute atomic E-state index is 15.7. The number of piperazine rings is 1. The van der Waals surface area contributed by atoms with Crippen molar-refractivity contribution in [2.45, 2.75) is 75.3 Å². The van der Waals surface area contributed by atoms with E-state index in [1.807, 2.05) is 67.7 Å². The van der Waals surface area contributed by atoms with E-state index in [2.05, 4.69) is 51.3 Å². The van der Waals surface area contributed by atoms with Gasteiger partial charge in [0.15, 0.2) is 5.60 Å². The van der Waals surface area contributed by atoms with Crippen molar-refractivity contribution in [3.8, 4) is 22.3 Å². The number of carboxylic acid groups (broad SMARTS) is 1. The van der Waals surface area contributed by atoms with Gasteiger partial charge in [0.05, 0.1) is 23.9 Å². The Bertz CT molecular complexity index is 3140. The third kappa shape index (κ3) is 8.16. The zero-order valence-electron chi connectivity index (χ0n) is 38.9. The number of nitrogens with zero attached hydrogens (tertiary/aromatic N) is 6. The van der Waals surface area contributed by atoms with E-state index in [4.69, 9.17) is 19.4 Å². The molecule has 3 aromatic heterocycles. The highest BCUT2D eigenvalue weighted by atomic mass is 19.1. The summed E-state index contributed by atoms with van der Waals surface area (Å²) in [5.74, 6) is -0.136. The lowest BCUT2D eigenvalue weighted by molar-refractivity contribution is -0.0316. The molecule has 4 aliphatic rings. The molecule has 2 saturated heterocycles. The number of halogens is 1. The molecule has 0 bridgehead atoms. The van der Waals surface area contributed by atoms with Crippen molar-refractivity contribution in [2.24, 2.45) is 7.05 Å². The number of hydrogen-bond acceptors (Lipinski definition) is 9. The lowest BCUT2D eigenvalue weighted by Gasteiger charge is -2.48. The fraction of sp³-hybridized carbons (Fsp3) is 0.352. The van der Waals surface area contributed by atoms with Crippen LogP contribution in [0.3, 0.4) is 0 Å². The Hall–Kier alpha value is -7.10. The minimum absolute atomic E-state index is 0.0709. The monoisotopic (exact) mass is 930 g/mol. The number of aromatic nitrogens is 4. The van der Waals surface area contributed by atoms with Gasteiger partial charge in [-0.05, 0) is 103 Å². The fourth-order valence-electron chi connectivity index (χ4n) is 11.1. The van der Waals surface area contributed by atoms with Crippen LogP contribution in [0.5, 0.6) is 0 Å². The zero-order chi connectivity index (χ0) is 47.6. The second-order valence-corrected chi connectivity index (χ2v) is 19.2. The number of nitrogens with one attached hydrogen (secondary N) is 2. The van der Waals surface area contributed by atoms with Crippen LogP contribution in [0, 0.1) is 5.82 Å². The van der Waals surface area contributed by atoms with Crippen LogP contribution >= 0.6 is 0 Å². The zero-order valence-corrected chi connectivity index (χ0v) is 38.9. The number of aromatic amines is 1. The highest BCUT2D eigenvalue weighted by Gasteiger charge is 2.45. The summed E-state index contributed by atoms with van der Waals surface area (Å²) >= 11 is 0. The van der Waals surface area contributed by atoms with Gasteiger partial charge in [0.1, 0.15) is 17.9 Å². The molecule has 4 aromatic carbocycles. The molecule has 1 saturated carbocycles. The quantitative estimate of drug-likeness (QED) is 0.115. The summed E-state index contributed by atoms with van der Waals surface area (Å²) < 4.78 is 30.5. The van der Waals surface area contributed by atoms with E-state index in [9.17, 15) is 19.5 Å². The van der Waals surface area contributed by atoms with Crippen molar-refractivity contribution in [3.05, 3.63) is 148 Å². The molecule has 2 aliphatic heterocycles. The molecule has 3 atom stereocenters. The molecule has 2 amide bonds. The molecule has 0 spiro atoms. The molecular weight excluding hydrogens is 876 g/mol. The number of alkyl carbamates (subject to hydrolysis) is 1. The van der Waals surface area contributed by atoms with E-state index in [1.165, 1.54) is 17.0 Å². The number of rotatable bonds is 11. The van der Waals surface area contributed by atoms with Crippen molar-refractivity contribution in [3.63, 3.8) is 0 Å². The van der Waals surface area contributed by atoms with Crippen LogP contribution in [-0.2, 0) is 22.1 Å². The Morgan fingerprint density at radius 1 is 0.855 bits per heavy atom. The Morgan fingerprint density at radius 3 is 2.30 bits per heavy atom. The summed E-state index contributed by atoms with van der Waals surface area (Å²) in [6.45, 7) is 6.44. The van der Waals surface area contributed by atoms with Crippen LogP contribution in [0.1, 0.15) is 67.8 Å². The van der Waals surface area contributed by atoms with E-state index in [0.29, 0.717) is 59.8 Å². The topological polar surface area (TPSA) is 158 Å². The normalized spacial score (nSPS) is 19.7. The molecule has 3 N–H and O–H groups in total. The fourth-order valence-corrected chi connectivity index (χ4v) is 11.1. The van der Waals surface area contributed by atoms with Crippen LogP contribution in [0.15, 0.2) is 114 Å². The standard InChI is InChI=1S/C54H55FN8O6/c1-32-28-63(53(66)67)33(2)27-62(32)37-20-23-61(24-21-37)51-58-47-18-15-34(45-29-60(3)50(64)48-43(45)19-22-56-48)25-44(47)49(59-51)54(69-38-16-17-38,35-9-8-10-36(55)26-35)31-57-52(65)68-30-46-41-13-6-4-11-39(41)40-12-5-7-14-42(40)46/h4-15,18-19,22,25-26,29,32-33,37-38,46,56H,16-17,20-21,23-24,27-28,30-31H2,1-3H3,(H,57,65)(H,66,67)/t32-,33+,54?/m0/s1. The number of piperidine rings is 1. The smallest absolute Gasteiger partial charge is 0.407 e. The van der Waals surface area contributed by atoms with Gasteiger partial charge in [0, 0.05) is 86.0 Å². The van der Waals surface area contributed by atoms with Gasteiger partial charge in [-0.3, -0.25) is 9.69 Å². The molecule has 354 valence electrons. The maximum Gasteiger partial charge on any atom is 0.407 e. The second-order valence-electron chi connectivity index (χ2n) is 19.2. The van der Waals surface area contributed by atoms with Crippen LogP contribution in [0.4, 0.5) is 19.9 Å². The predicted octanol–water partition coefficient (Wildman–Crippen LogP) is 8.62. The van der Waals surface area contributed by atoms with Crippen molar-refractivity contribution >= 4 is 39.9 Å². The number of benzene rings is 4. The highest BCUT2D eigenvalue weighted by Crippen LogP contribution is 2.46. The number of carbonyl (C=O) groups is 2. The lowest BCUT2D eigenvalue weighted by Crippen LogP contribution is -2.61. The van der Waals surface area contributed by atoms with E-state index in [-0.39, 0.29) is 48.9 Å². The van der Waals surface area contributed by atoms with Crippen LogP contribution in [-0.4, -0.2) is 110 Å². The molecule has 1 unspecified atom stereocenters. The second kappa shape index (κ2) is 17.8. The number of anilines is 1. The molecule has 11 rings (SSSR count). The summed E-state index contributed by atoms with van der Waals surface area (Å²) in [7, 11) is 1.72. The predicted molar refractivity (Wildman–Crippen MR) is 262 cm³/mol. The van der Waals surface area contributed by atoms with Crippen LogP contribution in [0.25, 0.3) is 44.1 Å². The third-order valence-corrected chi connectivity index (χ3v) is 14.8. The molecule has 5 heterocycles. The maximum atomic E-state index is 15.7. The van der Waals surface area contributed by atoms with Gasteiger partial charge in [-0.2, -0.15) is 0 Å². The number of pyridine rings is 1. The first kappa shape index (κ1) is 44.4. The number of ether oxygens (including phenoxy) is 2. The number of H-pyrrole nitrogens is 1. The summed E-state index contributed by atoms with van der Waals surface area (Å²) in [5.41, 5.74) is 6.43. The minimum atomic E-state index is -1.52. The molecular formula is C54H55FN8O6. The summed E-state index contributed by atoms with van der Waals surface area (Å²) in [4.78, 5) is 59.2. The molecule has 2 aliphatic carbocycles. The van der Waals surface area contributed by atoms with Gasteiger partial charge < -0.3 is 39.2 Å². The first-order chi connectivity index (χ1) is 33.5. The number of fused-ring (bicyclic) bond motifs is 5. The SMILES string of the molecule is C[C@@H]1CN(C2CCN(c3nc(C(CNC(=O)OCC4c5ccccc5-c5ccccc54)(OC4CC4)c4cccc(F)c4)c4cc(-c5cn(C)c(=O)c6[nH]ccc56)ccc4n3)CC2)[C@@H](C)CN1C(=O)O. The molecule has 7 aromatic rings. The number of aryl methyl sites for hydroxylation is 1. The van der Waals surface area contributed by atoms with Crippen LogP contribution < -0.4 is 15.8 Å². The van der Waals surface area contributed by atoms with E-state index >= 15 is 4.39 Å². The van der Waals surface area contributed by atoms with E-state index in [1.54, 1.807) is 23.9 Å². The Balaban J connectivity index is 0.985. The Labute approximate surface area is 398 Å². The number of carbonyl (C=O) groups excluding carboxylic acids is 1. The molecule has 69 heavy (non-hydrogen) atoms. The van der Waals surface area contributed by atoms with Gasteiger partial charge in [-0.15, -0.1) is 0 Å². The minimum Gasteiger partial charge on any atom is -0.465 e. The van der Waals surface area contributed by atoms with E-state index < -0.39 is 23.6 Å². The van der Waals surface area contributed by atoms with Crippen LogP contribution in [0.2, 0.25) is 0 Å². The summed E-state index contributed by atoms with van der Waals surface area (Å²) in [6, 6.07) is 30.7. The van der Waals surface area contributed by atoms with Crippen molar-refractivity contribution in [1.29, 1.82) is 0 Å². The van der Waals surface area contributed by atoms with Crippen molar-refractivity contribution < 1.29 is 28.6 Å². The largest absolute Gasteiger partial charge is 0.465 e. The van der Waals surface area contributed by atoms with E-state index in [0.717, 1.165) is 64.5 Å². The first-order valence-corrected chi connectivity index (χ1v) is 24.0.